The van der Waals surface area contributed by atoms with Crippen LogP contribution in [0.15, 0.2) is 12.2 Å². The molecule has 2 atom stereocenters. The van der Waals surface area contributed by atoms with Crippen molar-refractivity contribution in [2.45, 2.75) is 52.4 Å². The van der Waals surface area contributed by atoms with Crippen LogP contribution in [0.5, 0.6) is 0 Å². The summed E-state index contributed by atoms with van der Waals surface area (Å²) in [6, 6.07) is 0. The van der Waals surface area contributed by atoms with E-state index in [-0.39, 0.29) is 0 Å². The lowest BCUT2D eigenvalue weighted by Gasteiger charge is -2.21. The van der Waals surface area contributed by atoms with Crippen LogP contribution in [0.4, 0.5) is 0 Å². The minimum absolute atomic E-state index is 0.950. The highest BCUT2D eigenvalue weighted by Gasteiger charge is 2.12. The summed E-state index contributed by atoms with van der Waals surface area (Å²) in [6.45, 7) is 4.69. The largest absolute Gasteiger partial charge is 0.0885 e. The van der Waals surface area contributed by atoms with E-state index >= 15 is 0 Å². The Morgan fingerprint density at radius 1 is 1.42 bits per heavy atom. The summed E-state index contributed by atoms with van der Waals surface area (Å²) in [6.07, 6.45) is 13.0. The number of allylic oxidation sites excluding steroid dienone is 2. The van der Waals surface area contributed by atoms with Gasteiger partial charge in [0.15, 0.2) is 0 Å². The summed E-state index contributed by atoms with van der Waals surface area (Å²) in [5.74, 6) is 1.95. The Labute approximate surface area is 77.1 Å². The first kappa shape index (κ1) is 9.83. The van der Waals surface area contributed by atoms with E-state index in [2.05, 4.69) is 26.0 Å². The van der Waals surface area contributed by atoms with Crippen LogP contribution in [0.1, 0.15) is 52.4 Å². The fourth-order valence-electron chi connectivity index (χ4n) is 2.25. The number of rotatable bonds is 4. The summed E-state index contributed by atoms with van der Waals surface area (Å²) in [4.78, 5) is 0. The smallest absolute Gasteiger partial charge is 0.0322 e. The monoisotopic (exact) mass is 166 g/mol. The van der Waals surface area contributed by atoms with Gasteiger partial charge in [-0.1, -0.05) is 38.8 Å². The van der Waals surface area contributed by atoms with Gasteiger partial charge in [-0.3, -0.25) is 0 Å². The van der Waals surface area contributed by atoms with Gasteiger partial charge in [0.05, 0.1) is 0 Å². The molecule has 0 aromatic carbocycles. The van der Waals surface area contributed by atoms with Gasteiger partial charge in [0.1, 0.15) is 0 Å². The molecule has 0 fully saturated rings. The minimum Gasteiger partial charge on any atom is -0.0885 e. The number of hydrogen-bond acceptors (Lipinski definition) is 0. The molecule has 0 amide bonds. The second kappa shape index (κ2) is 5.40. The van der Waals surface area contributed by atoms with Gasteiger partial charge in [-0.25, -0.2) is 0 Å². The molecule has 0 aliphatic heterocycles. The van der Waals surface area contributed by atoms with Crippen molar-refractivity contribution < 1.29 is 0 Å². The van der Waals surface area contributed by atoms with E-state index in [0.29, 0.717) is 0 Å². The van der Waals surface area contributed by atoms with Gasteiger partial charge in [-0.15, -0.1) is 0 Å². The molecule has 1 aliphatic rings. The molecule has 0 spiro atoms. The molecule has 70 valence electrons. The van der Waals surface area contributed by atoms with Crippen molar-refractivity contribution >= 4 is 0 Å². The third-order valence-corrected chi connectivity index (χ3v) is 2.89. The number of hydrogen-bond donors (Lipinski definition) is 0. The Balaban J connectivity index is 2.16. The van der Waals surface area contributed by atoms with Crippen LogP contribution in [0.3, 0.4) is 0 Å². The maximum atomic E-state index is 2.40. The van der Waals surface area contributed by atoms with E-state index in [1.54, 1.807) is 0 Å². The van der Waals surface area contributed by atoms with Crippen LogP contribution in [0.25, 0.3) is 0 Å². The maximum absolute atomic E-state index is 2.40. The van der Waals surface area contributed by atoms with Crippen molar-refractivity contribution in [3.05, 3.63) is 12.2 Å². The molecule has 12 heavy (non-hydrogen) atoms. The highest BCUT2D eigenvalue weighted by Crippen LogP contribution is 2.26. The van der Waals surface area contributed by atoms with Crippen molar-refractivity contribution in [2.75, 3.05) is 0 Å². The summed E-state index contributed by atoms with van der Waals surface area (Å²) in [5, 5.41) is 0. The normalized spacial score (nSPS) is 25.7. The molecule has 1 aliphatic carbocycles. The van der Waals surface area contributed by atoms with E-state index in [0.717, 1.165) is 11.8 Å². The lowest BCUT2D eigenvalue weighted by atomic mass is 9.85. The van der Waals surface area contributed by atoms with E-state index in [1.165, 1.54) is 38.5 Å². The lowest BCUT2D eigenvalue weighted by molar-refractivity contribution is 0.350. The second-order valence-corrected chi connectivity index (χ2v) is 4.28. The zero-order valence-electron chi connectivity index (χ0n) is 8.55. The lowest BCUT2D eigenvalue weighted by Crippen LogP contribution is -2.07. The maximum Gasteiger partial charge on any atom is -0.0322 e. The zero-order valence-corrected chi connectivity index (χ0v) is 8.55. The first-order chi connectivity index (χ1) is 5.83. The average Bonchev–Trinajstić information content (AvgIpc) is 2.06. The Hall–Kier alpha value is -0.260. The molecular formula is C12H22. The van der Waals surface area contributed by atoms with Crippen LogP contribution < -0.4 is 0 Å². The van der Waals surface area contributed by atoms with Crippen molar-refractivity contribution in [1.29, 1.82) is 0 Å². The van der Waals surface area contributed by atoms with E-state index < -0.39 is 0 Å². The molecule has 0 aromatic rings. The van der Waals surface area contributed by atoms with Gasteiger partial charge in [-0.05, 0) is 37.5 Å². The Bertz CT molecular complexity index is 135. The van der Waals surface area contributed by atoms with Crippen molar-refractivity contribution in [2.24, 2.45) is 11.8 Å². The van der Waals surface area contributed by atoms with Crippen LogP contribution in [-0.4, -0.2) is 0 Å². The molecule has 0 heterocycles. The quantitative estimate of drug-likeness (QED) is 0.550. The van der Waals surface area contributed by atoms with Gasteiger partial charge in [-0.2, -0.15) is 0 Å². The summed E-state index contributed by atoms with van der Waals surface area (Å²) >= 11 is 0. The van der Waals surface area contributed by atoms with Crippen LogP contribution in [-0.2, 0) is 0 Å². The van der Waals surface area contributed by atoms with Gasteiger partial charge < -0.3 is 0 Å². The average molecular weight is 166 g/mol. The highest BCUT2D eigenvalue weighted by molar-refractivity contribution is 4.90. The molecule has 0 saturated carbocycles. The molecule has 0 nitrogen and oxygen atoms in total. The summed E-state index contributed by atoms with van der Waals surface area (Å²) in [7, 11) is 0. The predicted octanol–water partition coefficient (Wildman–Crippen LogP) is 4.17. The molecule has 2 unspecified atom stereocenters. The summed E-state index contributed by atoms with van der Waals surface area (Å²) in [5.41, 5.74) is 0. The Morgan fingerprint density at radius 3 is 2.83 bits per heavy atom. The molecule has 1 rings (SSSR count). The molecule has 0 aromatic heterocycles. The fraction of sp³-hybridized carbons (Fsp3) is 0.833. The van der Waals surface area contributed by atoms with E-state index in [4.69, 9.17) is 0 Å². The molecule has 0 bridgehead atoms. The van der Waals surface area contributed by atoms with Crippen molar-refractivity contribution in [1.82, 2.24) is 0 Å². The second-order valence-electron chi connectivity index (χ2n) is 4.28. The first-order valence-electron chi connectivity index (χ1n) is 5.48. The minimum atomic E-state index is 0.950. The molecule has 0 radical (unpaired) electrons. The fourth-order valence-corrected chi connectivity index (χ4v) is 2.25. The van der Waals surface area contributed by atoms with Crippen LogP contribution in [0, 0.1) is 11.8 Å². The predicted molar refractivity (Wildman–Crippen MR) is 55.2 cm³/mol. The van der Waals surface area contributed by atoms with Gasteiger partial charge in [0.25, 0.3) is 0 Å². The molecule has 0 saturated heterocycles. The van der Waals surface area contributed by atoms with E-state index in [9.17, 15) is 0 Å². The first-order valence-corrected chi connectivity index (χ1v) is 5.48. The third-order valence-electron chi connectivity index (χ3n) is 2.89. The Kier molecular flexibility index (Phi) is 4.42. The summed E-state index contributed by atoms with van der Waals surface area (Å²) < 4.78 is 0. The third kappa shape index (κ3) is 3.42. The van der Waals surface area contributed by atoms with Crippen LogP contribution >= 0.6 is 0 Å². The zero-order chi connectivity index (χ0) is 8.81. The van der Waals surface area contributed by atoms with Gasteiger partial charge in [0, 0.05) is 0 Å². The highest BCUT2D eigenvalue weighted by atomic mass is 14.2. The van der Waals surface area contributed by atoms with Gasteiger partial charge in [0.2, 0.25) is 0 Å². The van der Waals surface area contributed by atoms with Crippen molar-refractivity contribution in [3.63, 3.8) is 0 Å². The molecular weight excluding hydrogens is 144 g/mol. The topological polar surface area (TPSA) is 0 Å². The standard InChI is InChI=1S/C12H22/c1-3-7-11(2)10-12-8-5-4-6-9-12/h4-5,11-12H,3,6-10H2,1-2H3. The Morgan fingerprint density at radius 2 is 2.25 bits per heavy atom. The molecule has 0 N–H and O–H groups in total. The van der Waals surface area contributed by atoms with Gasteiger partial charge >= 0.3 is 0 Å². The SMILES string of the molecule is CCCC(C)CC1CC=CCC1. The molecule has 0 heteroatoms. The van der Waals surface area contributed by atoms with Crippen molar-refractivity contribution in [3.8, 4) is 0 Å². The van der Waals surface area contributed by atoms with E-state index in [1.807, 2.05) is 0 Å². The van der Waals surface area contributed by atoms with Crippen LogP contribution in [0.2, 0.25) is 0 Å².